The van der Waals surface area contributed by atoms with Crippen molar-refractivity contribution in [2.45, 2.75) is 30.9 Å². The quantitative estimate of drug-likeness (QED) is 0.0960. The van der Waals surface area contributed by atoms with Crippen molar-refractivity contribution in [2.24, 2.45) is 15.2 Å². The molecule has 0 saturated carbocycles. The standard InChI is InChI=1S/C30H32N8O5/c1-41-18-6-16-33-29(40)30(20-22-8-2-4-10-25(22)35-37-31)27(24-9-3-5-11-26(24)36-38-32)43-28(34-30)21-12-14-23(15-13-21)42-19-7-17-39/h2-5,8-15,27,39H,6-7,16-20H2,1H3,(H,33,40)/t27-,30-/m1/s1. The normalized spacial score (nSPS) is 17.2. The summed E-state index contributed by atoms with van der Waals surface area (Å²) in [6.45, 7) is 1.16. The van der Waals surface area contributed by atoms with Gasteiger partial charge in [0.1, 0.15) is 5.75 Å². The summed E-state index contributed by atoms with van der Waals surface area (Å²) in [5, 5.41) is 19.7. The molecule has 0 aliphatic carbocycles. The third-order valence-electron chi connectivity index (χ3n) is 6.82. The number of nitrogens with one attached hydrogen (secondary N) is 1. The second-order valence-corrected chi connectivity index (χ2v) is 9.63. The maximum atomic E-state index is 14.2. The smallest absolute Gasteiger partial charge is 0.252 e. The zero-order valence-electron chi connectivity index (χ0n) is 23.7. The molecule has 2 atom stereocenters. The Kier molecular flexibility index (Phi) is 11.0. The third kappa shape index (κ3) is 7.42. The second kappa shape index (κ2) is 15.2. The Morgan fingerprint density at radius 2 is 1.70 bits per heavy atom. The summed E-state index contributed by atoms with van der Waals surface area (Å²) in [5.41, 5.74) is 19.2. The summed E-state index contributed by atoms with van der Waals surface area (Å²) in [4.78, 5) is 25.1. The number of nitrogens with zero attached hydrogens (tertiary/aromatic N) is 7. The van der Waals surface area contributed by atoms with Crippen molar-refractivity contribution in [1.82, 2.24) is 5.32 Å². The molecular weight excluding hydrogens is 552 g/mol. The van der Waals surface area contributed by atoms with Gasteiger partial charge in [-0.3, -0.25) is 4.79 Å². The molecular formula is C30H32N8O5. The third-order valence-corrected chi connectivity index (χ3v) is 6.82. The summed E-state index contributed by atoms with van der Waals surface area (Å²) in [6, 6.07) is 20.9. The Hall–Kier alpha value is -5.06. The van der Waals surface area contributed by atoms with Crippen LogP contribution in [0.4, 0.5) is 11.4 Å². The van der Waals surface area contributed by atoms with Gasteiger partial charge in [-0.15, -0.1) is 0 Å². The maximum absolute atomic E-state index is 14.2. The zero-order chi connectivity index (χ0) is 30.5. The molecule has 4 rings (SSSR count). The Balaban J connectivity index is 1.85. The molecule has 1 aliphatic heterocycles. The lowest BCUT2D eigenvalue weighted by molar-refractivity contribution is -0.128. The molecule has 3 aromatic carbocycles. The van der Waals surface area contributed by atoms with Gasteiger partial charge in [0.2, 0.25) is 5.90 Å². The monoisotopic (exact) mass is 584 g/mol. The van der Waals surface area contributed by atoms with Crippen LogP contribution in [-0.2, 0) is 20.7 Å². The number of benzene rings is 3. The molecule has 0 unspecified atom stereocenters. The molecule has 43 heavy (non-hydrogen) atoms. The highest BCUT2D eigenvalue weighted by molar-refractivity contribution is 6.01. The van der Waals surface area contributed by atoms with E-state index in [2.05, 4.69) is 25.4 Å². The van der Waals surface area contributed by atoms with E-state index < -0.39 is 17.6 Å². The fourth-order valence-corrected chi connectivity index (χ4v) is 4.78. The number of rotatable bonds is 15. The lowest BCUT2D eigenvalue weighted by Gasteiger charge is -2.31. The Morgan fingerprint density at radius 1 is 1.00 bits per heavy atom. The predicted octanol–water partition coefficient (Wildman–Crippen LogP) is 5.98. The summed E-state index contributed by atoms with van der Waals surface area (Å²) in [7, 11) is 1.59. The first-order valence-corrected chi connectivity index (χ1v) is 13.7. The number of carbonyl (C=O) groups is 1. The molecule has 0 spiro atoms. The van der Waals surface area contributed by atoms with Gasteiger partial charge in [-0.25, -0.2) is 4.99 Å². The number of aliphatic imine (C=N–C) groups is 1. The van der Waals surface area contributed by atoms with Gasteiger partial charge in [0.25, 0.3) is 5.91 Å². The van der Waals surface area contributed by atoms with E-state index in [4.69, 9.17) is 24.3 Å². The summed E-state index contributed by atoms with van der Waals surface area (Å²) < 4.78 is 17.3. The first-order chi connectivity index (χ1) is 21.1. The molecule has 222 valence electrons. The first-order valence-electron chi connectivity index (χ1n) is 13.7. The summed E-state index contributed by atoms with van der Waals surface area (Å²) in [5.74, 6) is 0.390. The van der Waals surface area contributed by atoms with Gasteiger partial charge in [-0.05, 0) is 47.3 Å². The average Bonchev–Trinajstić information content (AvgIpc) is 3.41. The van der Waals surface area contributed by atoms with Gasteiger partial charge in [0.05, 0.1) is 6.61 Å². The highest BCUT2D eigenvalue weighted by Crippen LogP contribution is 2.46. The molecule has 2 N–H and O–H groups in total. The highest BCUT2D eigenvalue weighted by atomic mass is 16.5. The largest absolute Gasteiger partial charge is 0.494 e. The van der Waals surface area contributed by atoms with Gasteiger partial charge >= 0.3 is 0 Å². The highest BCUT2D eigenvalue weighted by Gasteiger charge is 2.54. The molecule has 1 aliphatic rings. The average molecular weight is 585 g/mol. The summed E-state index contributed by atoms with van der Waals surface area (Å²) >= 11 is 0. The van der Waals surface area contributed by atoms with Gasteiger partial charge in [0.15, 0.2) is 11.6 Å². The predicted molar refractivity (Wildman–Crippen MR) is 160 cm³/mol. The van der Waals surface area contributed by atoms with Crippen LogP contribution in [0.15, 0.2) is 88.0 Å². The Morgan fingerprint density at radius 3 is 2.42 bits per heavy atom. The van der Waals surface area contributed by atoms with E-state index in [-0.39, 0.29) is 18.9 Å². The van der Waals surface area contributed by atoms with Crippen LogP contribution >= 0.6 is 0 Å². The van der Waals surface area contributed by atoms with Crippen molar-refractivity contribution >= 4 is 23.2 Å². The number of hydrogen-bond donors (Lipinski definition) is 2. The van der Waals surface area contributed by atoms with Gasteiger partial charge < -0.3 is 24.6 Å². The van der Waals surface area contributed by atoms with Gasteiger partial charge in [-0.2, -0.15) is 0 Å². The molecule has 13 heteroatoms. The molecule has 0 aromatic heterocycles. The van der Waals surface area contributed by atoms with E-state index in [0.29, 0.717) is 66.4 Å². The number of methoxy groups -OCH3 is 1. The van der Waals surface area contributed by atoms with Crippen molar-refractivity contribution in [3.63, 3.8) is 0 Å². The Bertz CT molecular complexity index is 1530. The Labute approximate surface area is 248 Å². The van der Waals surface area contributed by atoms with Crippen LogP contribution in [0.3, 0.4) is 0 Å². The number of ether oxygens (including phenoxy) is 3. The van der Waals surface area contributed by atoms with E-state index in [1.165, 1.54) is 0 Å². The minimum absolute atomic E-state index is 0.0133. The number of aliphatic hydroxyl groups excluding tert-OH is 1. The van der Waals surface area contributed by atoms with Crippen molar-refractivity contribution in [2.75, 3.05) is 33.5 Å². The van der Waals surface area contributed by atoms with E-state index in [9.17, 15) is 15.9 Å². The molecule has 3 aromatic rings. The molecule has 0 radical (unpaired) electrons. The van der Waals surface area contributed by atoms with Crippen molar-refractivity contribution in [1.29, 1.82) is 0 Å². The number of azide groups is 2. The lowest BCUT2D eigenvalue weighted by atomic mass is 9.81. The van der Waals surface area contributed by atoms with Crippen molar-refractivity contribution in [3.05, 3.63) is 110 Å². The van der Waals surface area contributed by atoms with Crippen LogP contribution in [-0.4, -0.2) is 55.9 Å². The molecule has 0 bridgehead atoms. The lowest BCUT2D eigenvalue weighted by Crippen LogP contribution is -2.50. The topological polar surface area (TPSA) is 187 Å². The van der Waals surface area contributed by atoms with Crippen LogP contribution in [0.5, 0.6) is 5.75 Å². The van der Waals surface area contributed by atoms with E-state index in [1.54, 1.807) is 79.9 Å². The molecule has 1 amide bonds. The SMILES string of the molecule is COCCCNC(=O)[C@]1(Cc2ccccc2N=[N+]=[N-])N=C(c2ccc(OCCCO)cc2)O[C@@H]1c1ccccc1N=[N+]=[N-]. The zero-order valence-corrected chi connectivity index (χ0v) is 23.7. The van der Waals surface area contributed by atoms with Gasteiger partial charge in [0, 0.05) is 72.0 Å². The number of amides is 1. The van der Waals surface area contributed by atoms with Gasteiger partial charge in [-0.1, -0.05) is 58.8 Å². The molecule has 1 heterocycles. The maximum Gasteiger partial charge on any atom is 0.252 e. The minimum atomic E-state index is -1.58. The first kappa shape index (κ1) is 30.9. The second-order valence-electron chi connectivity index (χ2n) is 9.63. The van der Waals surface area contributed by atoms with Crippen LogP contribution in [0.2, 0.25) is 0 Å². The van der Waals surface area contributed by atoms with Crippen LogP contribution in [0.25, 0.3) is 20.9 Å². The number of aliphatic hydroxyl groups is 1. The van der Waals surface area contributed by atoms with Crippen molar-refractivity contribution < 1.29 is 24.1 Å². The van der Waals surface area contributed by atoms with E-state index in [1.807, 2.05) is 0 Å². The fourth-order valence-electron chi connectivity index (χ4n) is 4.78. The number of carbonyl (C=O) groups excluding carboxylic acids is 1. The summed E-state index contributed by atoms with van der Waals surface area (Å²) in [6.07, 6.45) is 0.0806. The fraction of sp³-hybridized carbons (Fsp3) is 0.333. The molecule has 0 saturated heterocycles. The van der Waals surface area contributed by atoms with Crippen LogP contribution in [0.1, 0.15) is 35.6 Å². The van der Waals surface area contributed by atoms with E-state index >= 15 is 0 Å². The minimum Gasteiger partial charge on any atom is -0.494 e. The van der Waals surface area contributed by atoms with Crippen molar-refractivity contribution in [3.8, 4) is 5.75 Å². The number of hydrogen-bond acceptors (Lipinski definition) is 8. The van der Waals surface area contributed by atoms with E-state index in [0.717, 1.165) is 0 Å². The van der Waals surface area contributed by atoms with Crippen LogP contribution < -0.4 is 10.1 Å². The molecule has 0 fully saturated rings. The molecule has 13 nitrogen and oxygen atoms in total. The van der Waals surface area contributed by atoms with Crippen LogP contribution in [0, 0.1) is 0 Å².